The molecule has 0 saturated carbocycles. The Hall–Kier alpha value is -2.41. The fraction of sp³-hybridized carbons (Fsp3) is 0.400. The first-order chi connectivity index (χ1) is 13.1. The van der Waals surface area contributed by atoms with Crippen molar-refractivity contribution in [2.24, 2.45) is 5.92 Å². The lowest BCUT2D eigenvalue weighted by atomic mass is 9.72. The molecule has 2 aromatic rings. The van der Waals surface area contributed by atoms with E-state index in [0.717, 1.165) is 17.7 Å². The van der Waals surface area contributed by atoms with E-state index in [9.17, 15) is 9.59 Å². The number of aromatic amines is 1. The molecule has 2 aromatic heterocycles. The number of nitrogens with one attached hydrogen (secondary N) is 2. The van der Waals surface area contributed by atoms with Crippen molar-refractivity contribution in [3.05, 3.63) is 57.8 Å². The number of hydrogen-bond acceptors (Lipinski definition) is 6. The van der Waals surface area contributed by atoms with Crippen LogP contribution in [-0.2, 0) is 4.79 Å². The zero-order chi connectivity index (χ0) is 19.0. The molecule has 0 saturated heterocycles. The summed E-state index contributed by atoms with van der Waals surface area (Å²) in [6.45, 7) is 4.21. The smallest absolute Gasteiger partial charge is 0.257 e. The van der Waals surface area contributed by atoms with Gasteiger partial charge in [-0.15, -0.1) is 0 Å². The van der Waals surface area contributed by atoms with Crippen molar-refractivity contribution in [1.82, 2.24) is 15.0 Å². The minimum atomic E-state index is -0.383. The Kier molecular flexibility index (Phi) is 4.86. The first-order valence-electron chi connectivity index (χ1n) is 9.29. The van der Waals surface area contributed by atoms with Crippen molar-refractivity contribution in [1.29, 1.82) is 0 Å². The van der Waals surface area contributed by atoms with Crippen LogP contribution in [0.25, 0.3) is 0 Å². The molecule has 2 aliphatic rings. The zero-order valence-corrected chi connectivity index (χ0v) is 16.2. The first-order valence-corrected chi connectivity index (χ1v) is 10.2. The van der Waals surface area contributed by atoms with Crippen LogP contribution in [0.15, 0.2) is 46.3 Å². The molecule has 3 atom stereocenters. The Labute approximate surface area is 161 Å². The quantitative estimate of drug-likeness (QED) is 0.622. The molecule has 3 heterocycles. The SMILES string of the molecule is CC[C@@H](C)Sc1nc2c(c(=O)[nH]1)[C@H](c1cccnc1)[C@H]1C(=O)CCC=C1N2. The summed E-state index contributed by atoms with van der Waals surface area (Å²) in [7, 11) is 0. The Morgan fingerprint density at radius 2 is 2.19 bits per heavy atom. The van der Waals surface area contributed by atoms with Crippen LogP contribution in [0.2, 0.25) is 0 Å². The Morgan fingerprint density at radius 1 is 1.33 bits per heavy atom. The van der Waals surface area contributed by atoms with Gasteiger partial charge in [-0.25, -0.2) is 4.98 Å². The number of hydrogen-bond donors (Lipinski definition) is 2. The maximum atomic E-state index is 13.0. The van der Waals surface area contributed by atoms with Crippen LogP contribution in [0.1, 0.15) is 50.2 Å². The normalized spacial score (nSPS) is 22.3. The highest BCUT2D eigenvalue weighted by atomic mass is 32.2. The summed E-state index contributed by atoms with van der Waals surface area (Å²) >= 11 is 1.55. The number of Topliss-reactive ketones (excluding diaryl/α,β-unsaturated/α-hetero) is 1. The Bertz CT molecular complexity index is 954. The number of ketones is 1. The molecule has 7 heteroatoms. The van der Waals surface area contributed by atoms with Crippen LogP contribution in [0.4, 0.5) is 5.82 Å². The molecule has 1 aliphatic carbocycles. The van der Waals surface area contributed by atoms with Crippen molar-refractivity contribution in [3.8, 4) is 0 Å². The number of carbonyl (C=O) groups excluding carboxylic acids is 1. The molecule has 0 radical (unpaired) electrons. The van der Waals surface area contributed by atoms with Crippen LogP contribution in [0.3, 0.4) is 0 Å². The Balaban J connectivity index is 1.88. The standard InChI is InChI=1S/C20H22N4O2S/c1-3-11(2)27-20-23-18-17(19(26)24-20)15(12-6-5-9-21-10-12)16-13(22-18)7-4-8-14(16)25/h5-7,9-11,15-16H,3-4,8H2,1-2H3,(H2,22,23,24,26)/t11-,15-,16-/m1/s1. The monoisotopic (exact) mass is 382 g/mol. The topological polar surface area (TPSA) is 87.7 Å². The summed E-state index contributed by atoms with van der Waals surface area (Å²) in [6.07, 6.45) is 7.68. The number of fused-ring (bicyclic) bond motifs is 2. The van der Waals surface area contributed by atoms with Gasteiger partial charge in [0.05, 0.1) is 11.5 Å². The molecule has 0 unspecified atom stereocenters. The van der Waals surface area contributed by atoms with Crippen LogP contribution < -0.4 is 10.9 Å². The highest BCUT2D eigenvalue weighted by Gasteiger charge is 2.42. The van der Waals surface area contributed by atoms with Crippen LogP contribution in [0, 0.1) is 5.92 Å². The van der Waals surface area contributed by atoms with E-state index >= 15 is 0 Å². The van der Waals surface area contributed by atoms with Gasteiger partial charge in [-0.05, 0) is 24.5 Å². The van der Waals surface area contributed by atoms with Crippen molar-refractivity contribution in [2.75, 3.05) is 5.32 Å². The molecule has 27 heavy (non-hydrogen) atoms. The van der Waals surface area contributed by atoms with E-state index < -0.39 is 0 Å². The maximum Gasteiger partial charge on any atom is 0.257 e. The van der Waals surface area contributed by atoms with Gasteiger partial charge in [0, 0.05) is 35.7 Å². The molecule has 140 valence electrons. The average Bonchev–Trinajstić information content (AvgIpc) is 2.67. The highest BCUT2D eigenvalue weighted by Crippen LogP contribution is 2.44. The average molecular weight is 382 g/mol. The van der Waals surface area contributed by atoms with Crippen LogP contribution >= 0.6 is 11.8 Å². The van der Waals surface area contributed by atoms with Gasteiger partial charge in [-0.1, -0.05) is 37.8 Å². The van der Waals surface area contributed by atoms with Crippen LogP contribution in [0.5, 0.6) is 0 Å². The van der Waals surface area contributed by atoms with Gasteiger partial charge in [-0.3, -0.25) is 14.6 Å². The summed E-state index contributed by atoms with van der Waals surface area (Å²) in [5.41, 5.74) is 2.05. The fourth-order valence-electron chi connectivity index (χ4n) is 3.72. The van der Waals surface area contributed by atoms with E-state index in [2.05, 4.69) is 40.2 Å². The van der Waals surface area contributed by atoms with Gasteiger partial charge in [-0.2, -0.15) is 0 Å². The molecule has 4 rings (SSSR count). The molecule has 0 bridgehead atoms. The number of rotatable bonds is 4. The first kappa shape index (κ1) is 18.0. The number of thioether (sulfide) groups is 1. The van der Waals surface area contributed by atoms with E-state index in [1.807, 2.05) is 12.1 Å². The summed E-state index contributed by atoms with van der Waals surface area (Å²) in [5, 5.41) is 4.23. The van der Waals surface area contributed by atoms with Gasteiger partial charge in [0.2, 0.25) is 0 Å². The number of aromatic nitrogens is 3. The van der Waals surface area contributed by atoms with Crippen molar-refractivity contribution in [3.63, 3.8) is 0 Å². The lowest BCUT2D eigenvalue weighted by Crippen LogP contribution is -2.38. The lowest BCUT2D eigenvalue weighted by Gasteiger charge is -2.36. The third-order valence-electron chi connectivity index (χ3n) is 5.21. The summed E-state index contributed by atoms with van der Waals surface area (Å²) in [5.74, 6) is -0.0492. The molecule has 1 aliphatic heterocycles. The van der Waals surface area contributed by atoms with Gasteiger partial charge in [0.1, 0.15) is 11.6 Å². The largest absolute Gasteiger partial charge is 0.343 e. The van der Waals surface area contributed by atoms with Gasteiger partial charge in [0.15, 0.2) is 5.16 Å². The van der Waals surface area contributed by atoms with Crippen molar-refractivity contribution in [2.45, 2.75) is 49.4 Å². The van der Waals surface area contributed by atoms with Gasteiger partial charge in [0.25, 0.3) is 5.56 Å². The third kappa shape index (κ3) is 3.32. The second-order valence-electron chi connectivity index (χ2n) is 7.00. The number of nitrogens with zero attached hydrogens (tertiary/aromatic N) is 2. The molecule has 6 nitrogen and oxygen atoms in total. The summed E-state index contributed by atoms with van der Waals surface area (Å²) < 4.78 is 0. The molecule has 0 spiro atoms. The van der Waals surface area contributed by atoms with Crippen molar-refractivity contribution < 1.29 is 4.79 Å². The van der Waals surface area contributed by atoms with Gasteiger partial charge < -0.3 is 10.3 Å². The Morgan fingerprint density at radius 3 is 2.93 bits per heavy atom. The number of anilines is 1. The molecular formula is C20H22N4O2S. The minimum absolute atomic E-state index is 0.150. The third-order valence-corrected chi connectivity index (χ3v) is 6.36. The predicted molar refractivity (Wildman–Crippen MR) is 106 cm³/mol. The molecule has 2 N–H and O–H groups in total. The van der Waals surface area contributed by atoms with Gasteiger partial charge >= 0.3 is 0 Å². The number of carbonyl (C=O) groups is 1. The fourth-order valence-corrected chi connectivity index (χ4v) is 4.56. The second-order valence-corrected chi connectivity index (χ2v) is 8.43. The van der Waals surface area contributed by atoms with E-state index in [-0.39, 0.29) is 23.2 Å². The van der Waals surface area contributed by atoms with Crippen LogP contribution in [-0.4, -0.2) is 26.0 Å². The lowest BCUT2D eigenvalue weighted by molar-refractivity contribution is -0.122. The van der Waals surface area contributed by atoms with E-state index in [1.54, 1.807) is 24.2 Å². The summed E-state index contributed by atoms with van der Waals surface area (Å²) in [6, 6.07) is 3.76. The number of allylic oxidation sites excluding steroid dienone is 2. The molecule has 0 amide bonds. The maximum absolute atomic E-state index is 13.0. The van der Waals surface area contributed by atoms with Crippen molar-refractivity contribution >= 4 is 23.4 Å². The summed E-state index contributed by atoms with van der Waals surface area (Å²) in [4.78, 5) is 37.6. The number of pyridine rings is 1. The minimum Gasteiger partial charge on any atom is -0.343 e. The number of H-pyrrole nitrogens is 1. The predicted octanol–water partition coefficient (Wildman–Crippen LogP) is 3.48. The zero-order valence-electron chi connectivity index (χ0n) is 15.4. The highest BCUT2D eigenvalue weighted by molar-refractivity contribution is 7.99. The molecular weight excluding hydrogens is 360 g/mol. The second kappa shape index (κ2) is 7.31. The van der Waals surface area contributed by atoms with E-state index in [0.29, 0.717) is 34.6 Å². The molecule has 0 fully saturated rings. The van der Waals surface area contributed by atoms with E-state index in [4.69, 9.17) is 0 Å². The van der Waals surface area contributed by atoms with E-state index in [1.165, 1.54) is 0 Å². The molecule has 0 aromatic carbocycles.